The van der Waals surface area contributed by atoms with E-state index in [9.17, 15) is 0 Å². The van der Waals surface area contributed by atoms with E-state index in [-0.39, 0.29) is 0 Å². The molecule has 0 rings (SSSR count). The molecule has 2 nitrogen and oxygen atoms in total. The predicted molar refractivity (Wildman–Crippen MR) is 114 cm³/mol. The molecule has 0 bridgehead atoms. The van der Waals surface area contributed by atoms with Gasteiger partial charge in [0.15, 0.2) is 0 Å². The van der Waals surface area contributed by atoms with E-state index < -0.39 is 0 Å². The van der Waals surface area contributed by atoms with Crippen molar-refractivity contribution in [1.82, 2.24) is 10.9 Å². The van der Waals surface area contributed by atoms with E-state index in [1.165, 1.54) is 50.6 Å². The largest absolute Gasteiger partial charge is 0.326 e. The fourth-order valence-electron chi connectivity index (χ4n) is 1.48. The molecule has 23 heavy (non-hydrogen) atoms. The Morgan fingerprint density at radius 2 is 1.09 bits per heavy atom. The van der Waals surface area contributed by atoms with Crippen molar-refractivity contribution < 1.29 is 0 Å². The van der Waals surface area contributed by atoms with E-state index in [0.717, 1.165) is 6.42 Å². The highest BCUT2D eigenvalue weighted by molar-refractivity contribution is 4.95. The maximum Gasteiger partial charge on any atom is 0.0219 e. The van der Waals surface area contributed by atoms with Crippen molar-refractivity contribution in [2.24, 2.45) is 0 Å². The molecule has 146 valence electrons. The number of hydrogen-bond donors (Lipinski definition) is 2. The average molecular weight is 333 g/mol. The molecule has 0 aromatic carbocycles. The van der Waals surface area contributed by atoms with Crippen LogP contribution in [0.2, 0.25) is 0 Å². The van der Waals surface area contributed by atoms with E-state index in [2.05, 4.69) is 44.6 Å². The molecule has 0 fully saturated rings. The summed E-state index contributed by atoms with van der Waals surface area (Å²) in [5, 5.41) is 0. The summed E-state index contributed by atoms with van der Waals surface area (Å²) in [5.74, 6) is 0. The van der Waals surface area contributed by atoms with Crippen LogP contribution in [0.3, 0.4) is 0 Å². The fraction of sp³-hybridized carbons (Fsp3) is 0.905. The Labute approximate surface area is 150 Å². The van der Waals surface area contributed by atoms with E-state index >= 15 is 0 Å². The second kappa shape index (κ2) is 49.6. The molecule has 0 aromatic heterocycles. The monoisotopic (exact) mass is 332 g/mol. The second-order valence-corrected chi connectivity index (χ2v) is 4.35. The van der Waals surface area contributed by atoms with Gasteiger partial charge in [-0.2, -0.15) is 0 Å². The smallest absolute Gasteiger partial charge is 0.0219 e. The lowest BCUT2D eigenvalue weighted by molar-refractivity contribution is 0.633. The molecule has 0 saturated carbocycles. The van der Waals surface area contributed by atoms with Crippen LogP contribution in [0.15, 0.2) is 11.8 Å². The van der Waals surface area contributed by atoms with Crippen molar-refractivity contribution in [3.8, 4) is 0 Å². The number of rotatable bonds is 9. The van der Waals surface area contributed by atoms with E-state index in [4.69, 9.17) is 0 Å². The highest BCUT2D eigenvalue weighted by Gasteiger charge is 1.90. The highest BCUT2D eigenvalue weighted by Crippen LogP contribution is 2.02. The molecule has 0 aliphatic heterocycles. The standard InChI is InChI=1S/C8H18N2.C7H16.3C2H6/c1-4-6-7-8(5-2)10-9-3;1-3-5-7-6-4-2;3*1-2/h5,9-10H,4,6-7H2,1-3H3;3-7H2,1-2H3;3*1-2H3/b8-5-;;;;. The van der Waals surface area contributed by atoms with Gasteiger partial charge < -0.3 is 5.43 Å². The Bertz CT molecular complexity index is 150. The zero-order valence-corrected chi connectivity index (χ0v) is 18.7. The van der Waals surface area contributed by atoms with Gasteiger partial charge in [0, 0.05) is 12.7 Å². The summed E-state index contributed by atoms with van der Waals surface area (Å²) in [4.78, 5) is 0. The molecule has 0 amide bonds. The van der Waals surface area contributed by atoms with Gasteiger partial charge in [-0.25, -0.2) is 5.43 Å². The van der Waals surface area contributed by atoms with Crippen molar-refractivity contribution >= 4 is 0 Å². The van der Waals surface area contributed by atoms with Crippen LogP contribution in [0.5, 0.6) is 0 Å². The first-order chi connectivity index (χ1) is 11.3. The van der Waals surface area contributed by atoms with Crippen molar-refractivity contribution in [1.29, 1.82) is 0 Å². The summed E-state index contributed by atoms with van der Waals surface area (Å²) in [7, 11) is 1.88. The van der Waals surface area contributed by atoms with Crippen LogP contribution in [0, 0.1) is 0 Å². The summed E-state index contributed by atoms with van der Waals surface area (Å²) >= 11 is 0. The van der Waals surface area contributed by atoms with E-state index in [0.29, 0.717) is 0 Å². The summed E-state index contributed by atoms with van der Waals surface area (Å²) in [6.45, 7) is 20.7. The molecule has 0 atom stereocenters. The number of hydrazine groups is 1. The molecule has 0 aliphatic rings. The van der Waals surface area contributed by atoms with Gasteiger partial charge in [-0.1, -0.05) is 107 Å². The second-order valence-electron chi connectivity index (χ2n) is 4.35. The summed E-state index contributed by atoms with van der Waals surface area (Å²) in [5.41, 5.74) is 7.27. The Morgan fingerprint density at radius 1 is 0.696 bits per heavy atom. The van der Waals surface area contributed by atoms with Crippen LogP contribution >= 0.6 is 0 Å². The van der Waals surface area contributed by atoms with Gasteiger partial charge in [0.25, 0.3) is 0 Å². The first-order valence-corrected chi connectivity index (χ1v) is 10.3. The third kappa shape index (κ3) is 52.3. The van der Waals surface area contributed by atoms with E-state index in [1.807, 2.05) is 48.6 Å². The molecule has 2 heteroatoms. The van der Waals surface area contributed by atoms with Gasteiger partial charge in [0.2, 0.25) is 0 Å². The van der Waals surface area contributed by atoms with Crippen molar-refractivity contribution in [3.05, 3.63) is 11.8 Å². The van der Waals surface area contributed by atoms with Crippen LogP contribution in [0.4, 0.5) is 0 Å². The van der Waals surface area contributed by atoms with Gasteiger partial charge in [-0.05, 0) is 19.8 Å². The van der Waals surface area contributed by atoms with Gasteiger partial charge in [0.05, 0.1) is 0 Å². The Kier molecular flexibility index (Phi) is 73.2. The molecular weight excluding hydrogens is 280 g/mol. The minimum absolute atomic E-state index is 1.15. The first kappa shape index (κ1) is 34.0. The van der Waals surface area contributed by atoms with Crippen LogP contribution < -0.4 is 10.9 Å². The van der Waals surface area contributed by atoms with Crippen LogP contribution in [-0.4, -0.2) is 7.05 Å². The normalized spacial score (nSPS) is 8.74. The number of hydrogen-bond acceptors (Lipinski definition) is 2. The molecule has 0 heterocycles. The SMILES string of the molecule is C/C=C(/CCCC)NNC.CC.CC.CC.CCCCCCC. The maximum atomic E-state index is 3.08. The summed E-state index contributed by atoms with van der Waals surface area (Å²) in [6.07, 6.45) is 12.8. The predicted octanol–water partition coefficient (Wildman–Crippen LogP) is 7.86. The number of nitrogens with one attached hydrogen (secondary N) is 2. The summed E-state index contributed by atoms with van der Waals surface area (Å²) < 4.78 is 0. The average Bonchev–Trinajstić information content (AvgIpc) is 2.64. The molecule has 0 radical (unpaired) electrons. The van der Waals surface area contributed by atoms with Crippen molar-refractivity contribution in [3.63, 3.8) is 0 Å². The number of unbranched alkanes of at least 4 members (excludes halogenated alkanes) is 5. The molecule has 2 N–H and O–H groups in total. The van der Waals surface area contributed by atoms with Crippen LogP contribution in [-0.2, 0) is 0 Å². The third-order valence-corrected chi connectivity index (χ3v) is 2.64. The highest BCUT2D eigenvalue weighted by atomic mass is 15.3. The zero-order chi connectivity index (χ0) is 19.4. The Balaban J connectivity index is -0.0000000726. The van der Waals surface area contributed by atoms with Gasteiger partial charge in [-0.15, -0.1) is 0 Å². The number of allylic oxidation sites excluding steroid dienone is 2. The lowest BCUT2D eigenvalue weighted by Gasteiger charge is -2.07. The van der Waals surface area contributed by atoms with Gasteiger partial charge in [-0.3, -0.25) is 0 Å². The first-order valence-electron chi connectivity index (χ1n) is 10.3. The third-order valence-electron chi connectivity index (χ3n) is 2.64. The Hall–Kier alpha value is -0.500. The Morgan fingerprint density at radius 3 is 1.35 bits per heavy atom. The minimum atomic E-state index is 1.15. The summed E-state index contributed by atoms with van der Waals surface area (Å²) in [6, 6.07) is 0. The lowest BCUT2D eigenvalue weighted by atomic mass is 10.2. The molecule has 0 aromatic rings. The van der Waals surface area contributed by atoms with Crippen molar-refractivity contribution in [2.45, 2.75) is 121 Å². The van der Waals surface area contributed by atoms with Gasteiger partial charge >= 0.3 is 0 Å². The molecule has 0 unspecified atom stereocenters. The van der Waals surface area contributed by atoms with E-state index in [1.54, 1.807) is 0 Å². The van der Waals surface area contributed by atoms with Crippen LogP contribution in [0.25, 0.3) is 0 Å². The van der Waals surface area contributed by atoms with Gasteiger partial charge in [0.1, 0.15) is 0 Å². The maximum absolute atomic E-state index is 3.08. The molecular formula is C21H52N2. The zero-order valence-electron chi connectivity index (χ0n) is 18.7. The molecule has 0 saturated heterocycles. The topological polar surface area (TPSA) is 24.1 Å². The quantitative estimate of drug-likeness (QED) is 0.331. The lowest BCUT2D eigenvalue weighted by Crippen LogP contribution is -2.26. The van der Waals surface area contributed by atoms with Crippen LogP contribution in [0.1, 0.15) is 121 Å². The fourth-order valence-corrected chi connectivity index (χ4v) is 1.48. The van der Waals surface area contributed by atoms with Crippen molar-refractivity contribution in [2.75, 3.05) is 7.05 Å². The molecule has 0 spiro atoms. The minimum Gasteiger partial charge on any atom is -0.326 e. The molecule has 0 aliphatic carbocycles.